The van der Waals surface area contributed by atoms with Gasteiger partial charge in [0.2, 0.25) is 0 Å². The van der Waals surface area contributed by atoms with Gasteiger partial charge < -0.3 is 5.73 Å². The van der Waals surface area contributed by atoms with E-state index in [4.69, 9.17) is 5.73 Å². The molecule has 0 spiro atoms. The highest BCUT2D eigenvalue weighted by molar-refractivity contribution is 5.36. The first-order valence-electron chi connectivity index (χ1n) is 6.52. The maximum Gasteiger partial charge on any atom is 0.0666 e. The number of pyridine rings is 1. The highest BCUT2D eigenvalue weighted by Gasteiger charge is 2.28. The van der Waals surface area contributed by atoms with E-state index in [9.17, 15) is 0 Å². The molecule has 0 amide bonds. The van der Waals surface area contributed by atoms with Crippen LogP contribution >= 0.6 is 0 Å². The number of unbranched alkanes of at least 4 members (excludes halogenated alkanes) is 1. The van der Waals surface area contributed by atoms with Gasteiger partial charge in [0.1, 0.15) is 0 Å². The molecule has 0 aliphatic carbocycles. The van der Waals surface area contributed by atoms with Crippen LogP contribution in [0.25, 0.3) is 0 Å². The van der Waals surface area contributed by atoms with Crippen LogP contribution in [0.3, 0.4) is 0 Å². The molecule has 0 aliphatic rings. The van der Waals surface area contributed by atoms with Crippen molar-refractivity contribution < 1.29 is 0 Å². The first kappa shape index (κ1) is 12.8. The van der Waals surface area contributed by atoms with Crippen molar-refractivity contribution in [2.24, 2.45) is 5.73 Å². The van der Waals surface area contributed by atoms with Gasteiger partial charge in [0.05, 0.1) is 5.54 Å². The Morgan fingerprint density at radius 3 is 2.22 bits per heavy atom. The van der Waals surface area contributed by atoms with Crippen molar-refractivity contribution in [3.8, 4) is 0 Å². The van der Waals surface area contributed by atoms with E-state index in [2.05, 4.69) is 24.0 Å². The zero-order valence-electron chi connectivity index (χ0n) is 10.8. The SMILES string of the molecule is CCCCC(N)(c1ccccc1)c1ccncc1. The fourth-order valence-electron chi connectivity index (χ4n) is 2.30. The Bertz CT molecular complexity index is 425. The van der Waals surface area contributed by atoms with E-state index in [-0.39, 0.29) is 0 Å². The molecule has 0 saturated heterocycles. The molecule has 0 aliphatic heterocycles. The van der Waals surface area contributed by atoms with Gasteiger partial charge in [-0.15, -0.1) is 0 Å². The quantitative estimate of drug-likeness (QED) is 0.869. The largest absolute Gasteiger partial charge is 0.318 e. The van der Waals surface area contributed by atoms with Gasteiger partial charge in [-0.3, -0.25) is 4.98 Å². The number of hydrogen-bond donors (Lipinski definition) is 1. The molecule has 1 aromatic carbocycles. The third-order valence-electron chi connectivity index (χ3n) is 3.41. The number of aromatic nitrogens is 1. The summed E-state index contributed by atoms with van der Waals surface area (Å²) < 4.78 is 0. The predicted octanol–water partition coefficient (Wildman–Crippen LogP) is 3.47. The van der Waals surface area contributed by atoms with Crippen LogP contribution in [-0.2, 0) is 5.54 Å². The van der Waals surface area contributed by atoms with Crippen LogP contribution < -0.4 is 5.73 Å². The second-order valence-corrected chi connectivity index (χ2v) is 4.68. The number of nitrogens with zero attached hydrogens (tertiary/aromatic N) is 1. The fourth-order valence-corrected chi connectivity index (χ4v) is 2.30. The number of rotatable bonds is 5. The third-order valence-corrected chi connectivity index (χ3v) is 3.41. The zero-order chi connectivity index (χ0) is 12.8. The zero-order valence-corrected chi connectivity index (χ0v) is 10.8. The standard InChI is InChI=1S/C16H20N2/c1-2-3-11-16(17,14-7-5-4-6-8-14)15-9-12-18-13-10-15/h4-10,12-13H,2-3,11,17H2,1H3. The maximum atomic E-state index is 6.70. The van der Waals surface area contributed by atoms with E-state index in [1.165, 1.54) is 5.56 Å². The lowest BCUT2D eigenvalue weighted by Gasteiger charge is -2.30. The van der Waals surface area contributed by atoms with E-state index in [0.717, 1.165) is 24.8 Å². The van der Waals surface area contributed by atoms with Crippen molar-refractivity contribution in [2.75, 3.05) is 0 Å². The Morgan fingerprint density at radius 2 is 1.61 bits per heavy atom. The summed E-state index contributed by atoms with van der Waals surface area (Å²) in [6.45, 7) is 2.19. The molecule has 1 unspecified atom stereocenters. The topological polar surface area (TPSA) is 38.9 Å². The lowest BCUT2D eigenvalue weighted by Crippen LogP contribution is -2.37. The minimum absolute atomic E-state index is 0.403. The Morgan fingerprint density at radius 1 is 1.00 bits per heavy atom. The van der Waals surface area contributed by atoms with Crippen LogP contribution in [0.4, 0.5) is 0 Å². The van der Waals surface area contributed by atoms with Crippen molar-refractivity contribution in [3.05, 3.63) is 66.0 Å². The average molecular weight is 240 g/mol. The number of benzene rings is 1. The highest BCUT2D eigenvalue weighted by atomic mass is 14.7. The van der Waals surface area contributed by atoms with E-state index >= 15 is 0 Å². The maximum absolute atomic E-state index is 6.70. The Balaban J connectivity index is 2.41. The van der Waals surface area contributed by atoms with Gasteiger partial charge in [-0.1, -0.05) is 50.1 Å². The molecule has 0 saturated carbocycles. The summed E-state index contributed by atoms with van der Waals surface area (Å²) in [5.74, 6) is 0. The van der Waals surface area contributed by atoms with Gasteiger partial charge in [-0.25, -0.2) is 0 Å². The number of hydrogen-bond acceptors (Lipinski definition) is 2. The van der Waals surface area contributed by atoms with Gasteiger partial charge in [0.25, 0.3) is 0 Å². The second-order valence-electron chi connectivity index (χ2n) is 4.68. The van der Waals surface area contributed by atoms with Crippen LogP contribution in [0.1, 0.15) is 37.3 Å². The monoisotopic (exact) mass is 240 g/mol. The molecule has 18 heavy (non-hydrogen) atoms. The first-order valence-corrected chi connectivity index (χ1v) is 6.52. The molecule has 0 fully saturated rings. The second kappa shape index (κ2) is 5.78. The molecule has 1 aromatic heterocycles. The lowest BCUT2D eigenvalue weighted by atomic mass is 9.80. The van der Waals surface area contributed by atoms with E-state index in [0.29, 0.717) is 0 Å². The summed E-state index contributed by atoms with van der Waals surface area (Å²) >= 11 is 0. The highest BCUT2D eigenvalue weighted by Crippen LogP contribution is 2.31. The molecular formula is C16H20N2. The predicted molar refractivity (Wildman–Crippen MR) is 75.2 cm³/mol. The van der Waals surface area contributed by atoms with Crippen molar-refractivity contribution in [2.45, 2.75) is 31.7 Å². The molecule has 1 atom stereocenters. The molecule has 2 N–H and O–H groups in total. The van der Waals surface area contributed by atoms with Gasteiger partial charge >= 0.3 is 0 Å². The van der Waals surface area contributed by atoms with Crippen molar-refractivity contribution in [3.63, 3.8) is 0 Å². The molecule has 0 radical (unpaired) electrons. The minimum Gasteiger partial charge on any atom is -0.318 e. The average Bonchev–Trinajstić information content (AvgIpc) is 2.46. The van der Waals surface area contributed by atoms with E-state index in [1.807, 2.05) is 42.7 Å². The van der Waals surface area contributed by atoms with Crippen LogP contribution in [0.2, 0.25) is 0 Å². The normalized spacial score (nSPS) is 14.1. The molecule has 2 rings (SSSR count). The van der Waals surface area contributed by atoms with Crippen molar-refractivity contribution >= 4 is 0 Å². The van der Waals surface area contributed by atoms with E-state index in [1.54, 1.807) is 0 Å². The number of nitrogens with two attached hydrogens (primary N) is 1. The molecule has 2 aromatic rings. The molecular weight excluding hydrogens is 220 g/mol. The first-order chi connectivity index (χ1) is 8.77. The van der Waals surface area contributed by atoms with Gasteiger partial charge in [0.15, 0.2) is 0 Å². The summed E-state index contributed by atoms with van der Waals surface area (Å²) in [5.41, 5.74) is 8.60. The molecule has 2 heteroatoms. The summed E-state index contributed by atoms with van der Waals surface area (Å²) in [5, 5.41) is 0. The van der Waals surface area contributed by atoms with Gasteiger partial charge in [-0.2, -0.15) is 0 Å². The van der Waals surface area contributed by atoms with Crippen molar-refractivity contribution in [1.29, 1.82) is 0 Å². The van der Waals surface area contributed by atoms with Crippen LogP contribution in [0.15, 0.2) is 54.9 Å². The summed E-state index contributed by atoms with van der Waals surface area (Å²) in [6, 6.07) is 14.4. The summed E-state index contributed by atoms with van der Waals surface area (Å²) in [6.07, 6.45) is 6.85. The molecule has 94 valence electrons. The Labute approximate surface area is 109 Å². The fraction of sp³-hybridized carbons (Fsp3) is 0.312. The van der Waals surface area contributed by atoms with Crippen molar-refractivity contribution in [1.82, 2.24) is 4.98 Å². The van der Waals surface area contributed by atoms with Crippen LogP contribution in [0, 0.1) is 0 Å². The molecule has 0 bridgehead atoms. The Hall–Kier alpha value is -1.67. The van der Waals surface area contributed by atoms with Gasteiger partial charge in [0, 0.05) is 12.4 Å². The van der Waals surface area contributed by atoms with E-state index < -0.39 is 5.54 Å². The van der Waals surface area contributed by atoms with Crippen LogP contribution in [-0.4, -0.2) is 4.98 Å². The summed E-state index contributed by atoms with van der Waals surface area (Å²) in [4.78, 5) is 4.08. The van der Waals surface area contributed by atoms with Gasteiger partial charge in [-0.05, 0) is 29.7 Å². The molecule has 2 nitrogen and oxygen atoms in total. The van der Waals surface area contributed by atoms with Crippen LogP contribution in [0.5, 0.6) is 0 Å². The molecule has 1 heterocycles. The summed E-state index contributed by atoms with van der Waals surface area (Å²) in [7, 11) is 0. The smallest absolute Gasteiger partial charge is 0.0666 e. The Kier molecular flexibility index (Phi) is 4.11. The third kappa shape index (κ3) is 2.59. The lowest BCUT2D eigenvalue weighted by molar-refractivity contribution is 0.468. The minimum atomic E-state index is -0.403.